The maximum atomic E-state index is 12.0. The van der Waals surface area contributed by atoms with E-state index >= 15 is 0 Å². The number of hydrogen-bond acceptors (Lipinski definition) is 2. The Morgan fingerprint density at radius 2 is 1.70 bits per heavy atom. The van der Waals surface area contributed by atoms with E-state index in [4.69, 9.17) is 0 Å². The molecule has 0 radical (unpaired) electrons. The van der Waals surface area contributed by atoms with E-state index in [1.165, 1.54) is 19.3 Å². The molecule has 2 rings (SSSR count). The van der Waals surface area contributed by atoms with Gasteiger partial charge in [-0.05, 0) is 47.6 Å². The van der Waals surface area contributed by atoms with Crippen LogP contribution in [0.15, 0.2) is 24.3 Å². The van der Waals surface area contributed by atoms with Gasteiger partial charge in [-0.25, -0.2) is 0 Å². The Hall–Kier alpha value is -0.910. The normalized spacial score (nSPS) is 15.8. The first-order valence-corrected chi connectivity index (χ1v) is 8.31. The van der Waals surface area contributed by atoms with Crippen LogP contribution >= 0.6 is 22.6 Å². The van der Waals surface area contributed by atoms with Crippen molar-refractivity contribution >= 4 is 34.3 Å². The van der Waals surface area contributed by atoms with Crippen molar-refractivity contribution in [1.82, 2.24) is 5.32 Å². The second-order valence-electron chi connectivity index (χ2n) is 5.33. The molecule has 1 saturated carbocycles. The number of rotatable bonds is 5. The molecule has 0 bridgehead atoms. The third kappa shape index (κ3) is 4.89. The first-order chi connectivity index (χ1) is 9.65. The quantitative estimate of drug-likeness (QED) is 0.621. The summed E-state index contributed by atoms with van der Waals surface area (Å²) in [6.07, 6.45) is 6.42. The summed E-state index contributed by atoms with van der Waals surface area (Å²) in [6.45, 7) is 0. The van der Waals surface area contributed by atoms with Gasteiger partial charge in [0.05, 0.1) is 0 Å². The predicted molar refractivity (Wildman–Crippen MR) is 87.7 cm³/mol. The van der Waals surface area contributed by atoms with Gasteiger partial charge in [-0.2, -0.15) is 0 Å². The van der Waals surface area contributed by atoms with Crippen molar-refractivity contribution in [3.63, 3.8) is 0 Å². The Morgan fingerprint density at radius 3 is 2.35 bits per heavy atom. The van der Waals surface area contributed by atoms with Crippen LogP contribution in [0.5, 0.6) is 0 Å². The van der Waals surface area contributed by atoms with Crippen LogP contribution in [0.2, 0.25) is 0 Å². The van der Waals surface area contributed by atoms with E-state index in [1.54, 1.807) is 0 Å². The van der Waals surface area contributed by atoms with Crippen molar-refractivity contribution in [2.24, 2.45) is 0 Å². The summed E-state index contributed by atoms with van der Waals surface area (Å²) >= 11 is 2.21. The Bertz CT molecular complexity index is 464. The zero-order valence-corrected chi connectivity index (χ0v) is 13.7. The highest BCUT2D eigenvalue weighted by Gasteiger charge is 2.16. The highest BCUT2D eigenvalue weighted by atomic mass is 127. The van der Waals surface area contributed by atoms with Crippen molar-refractivity contribution in [2.75, 3.05) is 0 Å². The Kier molecular flexibility index (Phi) is 6.01. The first kappa shape index (κ1) is 15.5. The fourth-order valence-electron chi connectivity index (χ4n) is 2.55. The lowest BCUT2D eigenvalue weighted by Gasteiger charge is -2.22. The molecule has 20 heavy (non-hydrogen) atoms. The minimum atomic E-state index is 0.00996. The first-order valence-electron chi connectivity index (χ1n) is 7.23. The largest absolute Gasteiger partial charge is 0.353 e. The average Bonchev–Trinajstić information content (AvgIpc) is 2.46. The molecule has 0 saturated heterocycles. The molecule has 3 nitrogen and oxygen atoms in total. The number of halogens is 1. The van der Waals surface area contributed by atoms with Crippen molar-refractivity contribution in [2.45, 2.75) is 51.0 Å². The number of Topliss-reactive ketones (excluding diaryl/α,β-unsaturated/α-hetero) is 1. The predicted octanol–water partition coefficient (Wildman–Crippen LogP) is 3.70. The second kappa shape index (κ2) is 7.76. The maximum absolute atomic E-state index is 12.0. The molecule has 0 aromatic heterocycles. The molecule has 1 aromatic rings. The summed E-state index contributed by atoms with van der Waals surface area (Å²) in [5, 5.41) is 3.04. The number of carbonyl (C=O) groups excluding carboxylic acids is 2. The van der Waals surface area contributed by atoms with Gasteiger partial charge in [0.25, 0.3) is 0 Å². The number of nitrogens with one attached hydrogen (secondary N) is 1. The standard InChI is InChI=1S/C16H20INO2/c17-13-8-6-12(7-9-13)15(19)10-11-16(20)18-14-4-2-1-3-5-14/h6-9,14H,1-5,10-11H2,(H,18,20). The maximum Gasteiger partial charge on any atom is 0.220 e. The van der Waals surface area contributed by atoms with Gasteiger partial charge < -0.3 is 5.32 Å². The van der Waals surface area contributed by atoms with Crippen LogP contribution in [0.25, 0.3) is 0 Å². The molecule has 0 atom stereocenters. The van der Waals surface area contributed by atoms with Crippen LogP contribution in [0, 0.1) is 3.57 Å². The van der Waals surface area contributed by atoms with E-state index in [1.807, 2.05) is 24.3 Å². The van der Waals surface area contributed by atoms with Gasteiger partial charge >= 0.3 is 0 Å². The molecule has 1 aromatic carbocycles. The molecule has 1 aliphatic rings. The van der Waals surface area contributed by atoms with Crippen molar-refractivity contribution in [3.05, 3.63) is 33.4 Å². The third-order valence-corrected chi connectivity index (χ3v) is 4.43. The van der Waals surface area contributed by atoms with Crippen LogP contribution < -0.4 is 5.32 Å². The van der Waals surface area contributed by atoms with E-state index in [2.05, 4.69) is 27.9 Å². The minimum absolute atomic E-state index is 0.00996. The lowest BCUT2D eigenvalue weighted by molar-refractivity contribution is -0.121. The molecule has 0 heterocycles. The molecule has 1 amide bonds. The summed E-state index contributed by atoms with van der Waals surface area (Å²) in [6, 6.07) is 7.79. The highest BCUT2D eigenvalue weighted by molar-refractivity contribution is 14.1. The molecule has 1 fully saturated rings. The average molecular weight is 385 g/mol. The molecule has 0 spiro atoms. The summed E-state index contributed by atoms with van der Waals surface area (Å²) in [5.41, 5.74) is 0.691. The van der Waals surface area contributed by atoms with Gasteiger partial charge in [0.15, 0.2) is 5.78 Å². The van der Waals surface area contributed by atoms with Crippen molar-refractivity contribution in [1.29, 1.82) is 0 Å². The van der Waals surface area contributed by atoms with Crippen LogP contribution in [-0.2, 0) is 4.79 Å². The highest BCUT2D eigenvalue weighted by Crippen LogP contribution is 2.17. The van der Waals surface area contributed by atoms with Gasteiger partial charge in [-0.1, -0.05) is 31.4 Å². The molecular formula is C16H20INO2. The Labute approximate surface area is 133 Å². The molecule has 0 unspecified atom stereocenters. The van der Waals surface area contributed by atoms with E-state index in [0.29, 0.717) is 24.4 Å². The van der Waals surface area contributed by atoms with Gasteiger partial charge in [0.1, 0.15) is 0 Å². The zero-order chi connectivity index (χ0) is 14.4. The van der Waals surface area contributed by atoms with Crippen molar-refractivity contribution < 1.29 is 9.59 Å². The number of hydrogen-bond donors (Lipinski definition) is 1. The van der Waals surface area contributed by atoms with Crippen LogP contribution in [0.1, 0.15) is 55.3 Å². The Morgan fingerprint density at radius 1 is 1.05 bits per heavy atom. The molecule has 108 valence electrons. The lowest BCUT2D eigenvalue weighted by Crippen LogP contribution is -2.36. The molecule has 4 heteroatoms. The fraction of sp³-hybridized carbons (Fsp3) is 0.500. The second-order valence-corrected chi connectivity index (χ2v) is 6.58. The van der Waals surface area contributed by atoms with Crippen molar-refractivity contribution in [3.8, 4) is 0 Å². The summed E-state index contributed by atoms with van der Waals surface area (Å²) < 4.78 is 1.11. The minimum Gasteiger partial charge on any atom is -0.353 e. The SMILES string of the molecule is O=C(CCC(=O)c1ccc(I)cc1)NC1CCCCC1. The third-order valence-electron chi connectivity index (χ3n) is 3.72. The van der Waals surface area contributed by atoms with Crippen LogP contribution in [0.4, 0.5) is 0 Å². The van der Waals surface area contributed by atoms with Crippen LogP contribution in [0.3, 0.4) is 0 Å². The zero-order valence-electron chi connectivity index (χ0n) is 11.5. The number of ketones is 1. The fourth-order valence-corrected chi connectivity index (χ4v) is 2.91. The Balaban J connectivity index is 1.75. The monoisotopic (exact) mass is 385 g/mol. The van der Waals surface area contributed by atoms with E-state index in [-0.39, 0.29) is 11.7 Å². The molecular weight excluding hydrogens is 365 g/mol. The van der Waals surface area contributed by atoms with Gasteiger partial charge in [-0.15, -0.1) is 0 Å². The summed E-state index contributed by atoms with van der Waals surface area (Å²) in [4.78, 5) is 23.8. The topological polar surface area (TPSA) is 46.2 Å². The van der Waals surface area contributed by atoms with Crippen LogP contribution in [-0.4, -0.2) is 17.7 Å². The van der Waals surface area contributed by atoms with E-state index in [9.17, 15) is 9.59 Å². The lowest BCUT2D eigenvalue weighted by atomic mass is 9.95. The van der Waals surface area contributed by atoms with Gasteiger partial charge in [0, 0.05) is 28.0 Å². The smallest absolute Gasteiger partial charge is 0.220 e. The molecule has 0 aliphatic heterocycles. The number of amides is 1. The number of carbonyl (C=O) groups is 2. The summed E-state index contributed by atoms with van der Waals surface area (Å²) in [5.74, 6) is 0.0518. The van der Waals surface area contributed by atoms with E-state index < -0.39 is 0 Å². The van der Waals surface area contributed by atoms with Gasteiger partial charge in [-0.3, -0.25) is 9.59 Å². The van der Waals surface area contributed by atoms with Gasteiger partial charge in [0.2, 0.25) is 5.91 Å². The summed E-state index contributed by atoms with van der Waals surface area (Å²) in [7, 11) is 0. The van der Waals surface area contributed by atoms with E-state index in [0.717, 1.165) is 16.4 Å². The molecule has 1 aliphatic carbocycles. The molecule has 1 N–H and O–H groups in total. The number of benzene rings is 1.